The fourth-order valence-corrected chi connectivity index (χ4v) is 1.41. The van der Waals surface area contributed by atoms with Gasteiger partial charge in [0.1, 0.15) is 0 Å². The van der Waals surface area contributed by atoms with Gasteiger partial charge in [-0.3, -0.25) is 0 Å². The number of hydrogen-bond donors (Lipinski definition) is 0. The molecule has 1 nitrogen and oxygen atoms in total. The molecule has 0 aromatic heterocycles. The van der Waals surface area contributed by atoms with Gasteiger partial charge in [0.2, 0.25) is 0 Å². The average Bonchev–Trinajstić information content (AvgIpc) is 1.89. The summed E-state index contributed by atoms with van der Waals surface area (Å²) in [5, 5.41) is 0. The minimum atomic E-state index is 0. The van der Waals surface area contributed by atoms with Crippen molar-refractivity contribution < 1.29 is 5.48 Å². The third-order valence-electron chi connectivity index (χ3n) is 1.49. The van der Waals surface area contributed by atoms with Gasteiger partial charge in [0.05, 0.1) is 0 Å². The quantitative estimate of drug-likeness (QED) is 0.398. The minimum Gasteiger partial charge on any atom is -0.412 e. The van der Waals surface area contributed by atoms with Crippen molar-refractivity contribution in [3.8, 4) is 0 Å². The monoisotopic (exact) mass is 258 g/mol. The van der Waals surface area contributed by atoms with Gasteiger partial charge in [-0.1, -0.05) is 61.6 Å². The highest BCUT2D eigenvalue weighted by Crippen LogP contribution is 2.05. The molecule has 0 bridgehead atoms. The van der Waals surface area contributed by atoms with Crippen LogP contribution in [0.25, 0.3) is 0 Å². The van der Waals surface area contributed by atoms with Crippen LogP contribution in [0.5, 0.6) is 0 Å². The molecule has 0 aliphatic rings. The van der Waals surface area contributed by atoms with Crippen LogP contribution in [0.15, 0.2) is 0 Å². The molecule has 0 amide bonds. The third-order valence-corrected chi connectivity index (χ3v) is 2.25. The van der Waals surface area contributed by atoms with Crippen molar-refractivity contribution in [1.82, 2.24) is 0 Å². The van der Waals surface area contributed by atoms with Crippen molar-refractivity contribution in [1.29, 1.82) is 0 Å². The molecular weight excluding hydrogens is 239 g/mol. The maximum Gasteiger partial charge on any atom is -0.000473 e. The lowest BCUT2D eigenvalue weighted by Gasteiger charge is -1.95. The molecule has 0 fully saturated rings. The summed E-state index contributed by atoms with van der Waals surface area (Å²) in [6.07, 6.45) is 8.57. The maximum atomic E-state index is 2.45. The van der Waals surface area contributed by atoms with Gasteiger partial charge in [-0.2, -0.15) is 0 Å². The second-order valence-electron chi connectivity index (χ2n) is 2.46. The molecule has 0 unspecified atom stereocenters. The first-order chi connectivity index (χ1) is 4.41. The van der Waals surface area contributed by atoms with Crippen LogP contribution in [-0.4, -0.2) is 9.90 Å². The Kier molecular flexibility index (Phi) is 16.4. The SMILES string of the molecule is CCCCCCCCI.O. The molecule has 0 saturated heterocycles. The number of alkyl halides is 1. The molecule has 0 aliphatic heterocycles. The van der Waals surface area contributed by atoms with Crippen LogP contribution in [0.3, 0.4) is 0 Å². The topological polar surface area (TPSA) is 31.5 Å². The van der Waals surface area contributed by atoms with Gasteiger partial charge in [0.25, 0.3) is 0 Å². The fourth-order valence-electron chi connectivity index (χ4n) is 0.875. The summed E-state index contributed by atoms with van der Waals surface area (Å²) >= 11 is 2.45. The van der Waals surface area contributed by atoms with Crippen LogP contribution in [0.1, 0.15) is 45.4 Å². The second kappa shape index (κ2) is 12.4. The number of hydrogen-bond acceptors (Lipinski definition) is 0. The van der Waals surface area contributed by atoms with E-state index < -0.39 is 0 Å². The summed E-state index contributed by atoms with van der Waals surface area (Å²) in [7, 11) is 0. The van der Waals surface area contributed by atoms with E-state index in [4.69, 9.17) is 0 Å². The van der Waals surface area contributed by atoms with Gasteiger partial charge >= 0.3 is 0 Å². The zero-order valence-electron chi connectivity index (χ0n) is 6.83. The van der Waals surface area contributed by atoms with Crippen LogP contribution < -0.4 is 0 Å². The van der Waals surface area contributed by atoms with Gasteiger partial charge in [-0.25, -0.2) is 0 Å². The third kappa shape index (κ3) is 11.5. The zero-order valence-corrected chi connectivity index (χ0v) is 8.99. The molecule has 0 rings (SSSR count). The van der Waals surface area contributed by atoms with Crippen molar-refractivity contribution in [3.63, 3.8) is 0 Å². The Hall–Kier alpha value is 0.690. The summed E-state index contributed by atoms with van der Waals surface area (Å²) < 4.78 is 1.34. The molecule has 0 aromatic carbocycles. The molecule has 0 spiro atoms. The van der Waals surface area contributed by atoms with Gasteiger partial charge in [0, 0.05) is 0 Å². The van der Waals surface area contributed by atoms with Crippen LogP contribution in [0.2, 0.25) is 0 Å². The smallest absolute Gasteiger partial charge is 0.000473 e. The summed E-state index contributed by atoms with van der Waals surface area (Å²) in [6, 6.07) is 0. The Morgan fingerprint density at radius 1 is 0.900 bits per heavy atom. The number of unbranched alkanes of at least 4 members (excludes halogenated alkanes) is 5. The Balaban J connectivity index is 0. The second-order valence-corrected chi connectivity index (χ2v) is 3.54. The summed E-state index contributed by atoms with van der Waals surface area (Å²) in [4.78, 5) is 0. The lowest BCUT2D eigenvalue weighted by molar-refractivity contribution is 0.629. The molecule has 2 N–H and O–H groups in total. The van der Waals surface area contributed by atoms with Gasteiger partial charge in [-0.05, 0) is 10.8 Å². The normalized spacial score (nSPS) is 9.00. The van der Waals surface area contributed by atoms with Crippen molar-refractivity contribution in [2.24, 2.45) is 0 Å². The summed E-state index contributed by atoms with van der Waals surface area (Å²) in [5.41, 5.74) is 0. The Bertz CT molecular complexity index is 42.5. The van der Waals surface area contributed by atoms with Crippen LogP contribution >= 0.6 is 22.6 Å². The first kappa shape index (κ1) is 13.3. The van der Waals surface area contributed by atoms with Crippen LogP contribution in [-0.2, 0) is 0 Å². The maximum absolute atomic E-state index is 2.45. The molecule has 0 aromatic rings. The Morgan fingerprint density at radius 2 is 1.40 bits per heavy atom. The first-order valence-electron chi connectivity index (χ1n) is 3.97. The molecule has 0 atom stereocenters. The highest BCUT2D eigenvalue weighted by atomic mass is 127. The standard InChI is InChI=1S/C8H17I.H2O/c1-2-3-4-5-6-7-8-9;/h2-8H2,1H3;1H2. The molecule has 10 heavy (non-hydrogen) atoms. The Labute approximate surface area is 78.0 Å². The van der Waals surface area contributed by atoms with E-state index in [2.05, 4.69) is 29.5 Å². The highest BCUT2D eigenvalue weighted by Gasteiger charge is 1.86. The number of halogens is 1. The number of rotatable bonds is 6. The lowest BCUT2D eigenvalue weighted by atomic mass is 10.1. The molecule has 0 saturated carbocycles. The van der Waals surface area contributed by atoms with Crippen molar-refractivity contribution in [2.75, 3.05) is 4.43 Å². The van der Waals surface area contributed by atoms with Crippen LogP contribution in [0.4, 0.5) is 0 Å². The average molecular weight is 258 g/mol. The van der Waals surface area contributed by atoms with Crippen molar-refractivity contribution in [2.45, 2.75) is 45.4 Å². The lowest BCUT2D eigenvalue weighted by Crippen LogP contribution is -1.77. The van der Waals surface area contributed by atoms with E-state index in [1.54, 1.807) is 0 Å². The van der Waals surface area contributed by atoms with E-state index in [-0.39, 0.29) is 5.48 Å². The van der Waals surface area contributed by atoms with E-state index in [1.807, 2.05) is 0 Å². The van der Waals surface area contributed by atoms with E-state index >= 15 is 0 Å². The van der Waals surface area contributed by atoms with E-state index in [0.29, 0.717) is 0 Å². The largest absolute Gasteiger partial charge is 0.412 e. The van der Waals surface area contributed by atoms with Gasteiger partial charge in [0.15, 0.2) is 0 Å². The minimum absolute atomic E-state index is 0. The molecular formula is C8H19IO. The predicted molar refractivity (Wildman–Crippen MR) is 55.9 cm³/mol. The molecule has 0 heterocycles. The molecule has 0 aliphatic carbocycles. The molecule has 64 valence electrons. The zero-order chi connectivity index (χ0) is 6.95. The first-order valence-corrected chi connectivity index (χ1v) is 5.50. The summed E-state index contributed by atoms with van der Waals surface area (Å²) in [5.74, 6) is 0. The molecule has 0 radical (unpaired) electrons. The van der Waals surface area contributed by atoms with Gasteiger partial charge in [-0.15, -0.1) is 0 Å². The van der Waals surface area contributed by atoms with Gasteiger partial charge < -0.3 is 5.48 Å². The summed E-state index contributed by atoms with van der Waals surface area (Å²) in [6.45, 7) is 2.26. The molecule has 2 heteroatoms. The van der Waals surface area contributed by atoms with E-state index in [9.17, 15) is 0 Å². The highest BCUT2D eigenvalue weighted by molar-refractivity contribution is 14.1. The van der Waals surface area contributed by atoms with Crippen LogP contribution in [0, 0.1) is 0 Å². The van der Waals surface area contributed by atoms with E-state index in [1.165, 1.54) is 43.0 Å². The Morgan fingerprint density at radius 3 is 1.90 bits per heavy atom. The van der Waals surface area contributed by atoms with E-state index in [0.717, 1.165) is 0 Å². The fraction of sp³-hybridized carbons (Fsp3) is 1.00. The van der Waals surface area contributed by atoms with Crippen molar-refractivity contribution >= 4 is 22.6 Å². The van der Waals surface area contributed by atoms with Crippen molar-refractivity contribution in [3.05, 3.63) is 0 Å². The predicted octanol–water partition coefficient (Wildman–Crippen LogP) is 2.96.